The van der Waals surface area contributed by atoms with Gasteiger partial charge in [0.1, 0.15) is 22.4 Å². The third-order valence-corrected chi connectivity index (χ3v) is 5.45. The molecule has 0 saturated carbocycles. The maximum atomic E-state index is 12.2. The Hall–Kier alpha value is -1.61. The fourth-order valence-electron chi connectivity index (χ4n) is 2.17. The van der Waals surface area contributed by atoms with Crippen molar-refractivity contribution in [1.29, 1.82) is 0 Å². The van der Waals surface area contributed by atoms with Gasteiger partial charge in [0, 0.05) is 16.1 Å². The zero-order valence-corrected chi connectivity index (χ0v) is 16.3. The summed E-state index contributed by atoms with van der Waals surface area (Å²) in [5.74, 6) is -0.561. The Morgan fingerprint density at radius 1 is 1.40 bits per heavy atom. The molecule has 1 aromatic carbocycles. The van der Waals surface area contributed by atoms with Gasteiger partial charge in [-0.15, -0.1) is 0 Å². The Balaban J connectivity index is 1.86. The Morgan fingerprint density at radius 2 is 2.16 bits per heavy atom. The van der Waals surface area contributed by atoms with Crippen LogP contribution in [0, 0.1) is 0 Å². The molecule has 128 valence electrons. The van der Waals surface area contributed by atoms with E-state index in [9.17, 15) is 9.59 Å². The highest BCUT2D eigenvalue weighted by Crippen LogP contribution is 2.35. The van der Waals surface area contributed by atoms with E-state index in [0.717, 1.165) is 26.7 Å². The average Bonchev–Trinajstić information content (AvgIpc) is 3.08. The maximum Gasteiger partial charge on any atom is 0.323 e. The van der Waals surface area contributed by atoms with Crippen LogP contribution < -0.4 is 0 Å². The van der Waals surface area contributed by atoms with Crippen LogP contribution in [0.2, 0.25) is 5.02 Å². The molecule has 1 aliphatic rings. The van der Waals surface area contributed by atoms with Gasteiger partial charge in [-0.3, -0.25) is 14.5 Å². The highest BCUT2D eigenvalue weighted by molar-refractivity contribution is 9.10. The first-order valence-corrected chi connectivity index (χ1v) is 9.27. The lowest BCUT2D eigenvalue weighted by molar-refractivity contribution is -0.140. The molecule has 2 heterocycles. The number of thioether (sulfide) groups is 1. The number of halogens is 2. The highest BCUT2D eigenvalue weighted by atomic mass is 79.9. The van der Waals surface area contributed by atoms with Crippen LogP contribution >= 0.6 is 51.5 Å². The first kappa shape index (κ1) is 18.2. The SMILES string of the molecule is O=C(O)CN1C(=O)C(=Cc2ccc(-c3ccc(Br)cc3Cl)o2)SC1=S. The lowest BCUT2D eigenvalue weighted by Crippen LogP contribution is -2.33. The van der Waals surface area contributed by atoms with E-state index in [1.807, 2.05) is 12.1 Å². The Kier molecular flexibility index (Phi) is 5.33. The van der Waals surface area contributed by atoms with E-state index in [4.69, 9.17) is 33.3 Å². The van der Waals surface area contributed by atoms with Gasteiger partial charge in [0.25, 0.3) is 5.91 Å². The van der Waals surface area contributed by atoms with Crippen molar-refractivity contribution in [3.05, 3.63) is 50.5 Å². The van der Waals surface area contributed by atoms with E-state index in [-0.39, 0.29) is 4.32 Å². The van der Waals surface area contributed by atoms with Gasteiger partial charge in [0.05, 0.1) is 9.93 Å². The molecule has 9 heteroatoms. The summed E-state index contributed by atoms with van der Waals surface area (Å²) >= 11 is 15.6. The van der Waals surface area contributed by atoms with Gasteiger partial charge in [-0.2, -0.15) is 0 Å². The molecule has 0 atom stereocenters. The van der Waals surface area contributed by atoms with Crippen LogP contribution in [0.1, 0.15) is 5.76 Å². The number of furan rings is 1. The normalized spacial score (nSPS) is 16.1. The van der Waals surface area contributed by atoms with E-state index in [1.165, 1.54) is 6.08 Å². The Bertz CT molecular complexity index is 925. The number of benzene rings is 1. The van der Waals surface area contributed by atoms with Gasteiger partial charge in [-0.25, -0.2) is 0 Å². The van der Waals surface area contributed by atoms with Crippen LogP contribution in [0.3, 0.4) is 0 Å². The summed E-state index contributed by atoms with van der Waals surface area (Å²) < 4.78 is 6.80. The maximum absolute atomic E-state index is 12.2. The van der Waals surface area contributed by atoms with Crippen LogP contribution in [0.4, 0.5) is 0 Å². The third kappa shape index (κ3) is 3.98. The minimum atomic E-state index is -1.12. The van der Waals surface area contributed by atoms with Crippen LogP contribution in [0.5, 0.6) is 0 Å². The van der Waals surface area contributed by atoms with Gasteiger partial charge >= 0.3 is 5.97 Å². The molecule has 3 rings (SSSR count). The predicted molar refractivity (Wildman–Crippen MR) is 104 cm³/mol. The predicted octanol–water partition coefficient (Wildman–Crippen LogP) is 4.65. The lowest BCUT2D eigenvalue weighted by atomic mass is 10.2. The molecule has 1 N–H and O–H groups in total. The lowest BCUT2D eigenvalue weighted by Gasteiger charge is -2.09. The third-order valence-electron chi connectivity index (χ3n) is 3.26. The topological polar surface area (TPSA) is 70.8 Å². The summed E-state index contributed by atoms with van der Waals surface area (Å²) in [6.45, 7) is -0.458. The zero-order chi connectivity index (χ0) is 18.1. The Labute approximate surface area is 165 Å². The molecule has 0 unspecified atom stereocenters. The zero-order valence-electron chi connectivity index (χ0n) is 12.4. The summed E-state index contributed by atoms with van der Waals surface area (Å²) in [6.07, 6.45) is 1.54. The number of rotatable bonds is 4. The fourth-order valence-corrected chi connectivity index (χ4v) is 4.17. The van der Waals surface area contributed by atoms with Crippen molar-refractivity contribution in [2.24, 2.45) is 0 Å². The van der Waals surface area contributed by atoms with Gasteiger partial charge in [-0.05, 0) is 30.3 Å². The summed E-state index contributed by atoms with van der Waals surface area (Å²) in [4.78, 5) is 24.4. The van der Waals surface area contributed by atoms with E-state index >= 15 is 0 Å². The number of aliphatic carboxylic acids is 1. The number of carboxylic acids is 1. The monoisotopic (exact) mass is 457 g/mol. The van der Waals surface area contributed by atoms with E-state index in [0.29, 0.717) is 21.4 Å². The van der Waals surface area contributed by atoms with E-state index < -0.39 is 18.4 Å². The molecule has 1 saturated heterocycles. The van der Waals surface area contributed by atoms with Crippen molar-refractivity contribution in [3.8, 4) is 11.3 Å². The molecular formula is C16H9BrClNO4S2. The summed E-state index contributed by atoms with van der Waals surface area (Å²) in [5.41, 5.74) is 0.725. The molecule has 1 fully saturated rings. The van der Waals surface area contributed by atoms with Crippen molar-refractivity contribution in [2.45, 2.75) is 0 Å². The largest absolute Gasteiger partial charge is 0.480 e. The van der Waals surface area contributed by atoms with Crippen molar-refractivity contribution < 1.29 is 19.1 Å². The van der Waals surface area contributed by atoms with Crippen molar-refractivity contribution in [2.75, 3.05) is 6.54 Å². The summed E-state index contributed by atoms with van der Waals surface area (Å²) in [5, 5.41) is 9.37. The van der Waals surface area contributed by atoms with E-state index in [1.54, 1.807) is 18.2 Å². The summed E-state index contributed by atoms with van der Waals surface area (Å²) in [6, 6.07) is 8.88. The first-order valence-electron chi connectivity index (χ1n) is 6.87. The molecular weight excluding hydrogens is 450 g/mol. The Morgan fingerprint density at radius 3 is 2.84 bits per heavy atom. The van der Waals surface area contributed by atoms with Crippen molar-refractivity contribution in [1.82, 2.24) is 4.90 Å². The highest BCUT2D eigenvalue weighted by Gasteiger charge is 2.33. The van der Waals surface area contributed by atoms with Gasteiger partial charge < -0.3 is 9.52 Å². The number of amides is 1. The molecule has 2 aromatic rings. The second kappa shape index (κ2) is 7.33. The number of thiocarbonyl (C=S) groups is 1. The minimum Gasteiger partial charge on any atom is -0.480 e. The average molecular weight is 459 g/mol. The number of carboxylic acid groups (broad SMARTS) is 1. The smallest absolute Gasteiger partial charge is 0.323 e. The molecule has 0 spiro atoms. The van der Waals surface area contributed by atoms with Gasteiger partial charge in [0.15, 0.2) is 0 Å². The van der Waals surface area contributed by atoms with Crippen molar-refractivity contribution in [3.63, 3.8) is 0 Å². The van der Waals surface area contributed by atoms with Crippen molar-refractivity contribution >= 4 is 73.8 Å². The van der Waals surface area contributed by atoms with Crippen LogP contribution in [0.25, 0.3) is 17.4 Å². The quantitative estimate of drug-likeness (QED) is 0.531. The molecule has 5 nitrogen and oxygen atoms in total. The summed E-state index contributed by atoms with van der Waals surface area (Å²) in [7, 11) is 0. The molecule has 0 radical (unpaired) electrons. The second-order valence-electron chi connectivity index (χ2n) is 4.99. The number of carbonyl (C=O) groups excluding carboxylic acids is 1. The molecule has 1 aliphatic heterocycles. The second-order valence-corrected chi connectivity index (χ2v) is 7.99. The fraction of sp³-hybridized carbons (Fsp3) is 0.0625. The number of hydrogen-bond donors (Lipinski definition) is 1. The van der Waals surface area contributed by atoms with Crippen LogP contribution in [-0.2, 0) is 9.59 Å². The number of hydrogen-bond acceptors (Lipinski definition) is 5. The molecule has 0 aliphatic carbocycles. The van der Waals surface area contributed by atoms with Gasteiger partial charge in [-0.1, -0.05) is 51.5 Å². The van der Waals surface area contributed by atoms with Crippen LogP contribution in [0.15, 0.2) is 44.1 Å². The molecule has 1 amide bonds. The van der Waals surface area contributed by atoms with E-state index in [2.05, 4.69) is 15.9 Å². The standard InChI is InChI=1S/C16H9BrClNO4S2/c17-8-1-3-10(11(18)5-8)12-4-2-9(23-12)6-13-15(22)19(7-14(20)21)16(24)25-13/h1-6H,7H2,(H,20,21). The minimum absolute atomic E-state index is 0.210. The number of nitrogens with zero attached hydrogens (tertiary/aromatic N) is 1. The molecule has 25 heavy (non-hydrogen) atoms. The molecule has 0 bridgehead atoms. The first-order chi connectivity index (χ1) is 11.8. The van der Waals surface area contributed by atoms with Gasteiger partial charge in [0.2, 0.25) is 0 Å². The molecule has 1 aromatic heterocycles. The van der Waals surface area contributed by atoms with Crippen LogP contribution in [-0.4, -0.2) is 32.7 Å². The number of carbonyl (C=O) groups is 2.